The second-order valence-corrected chi connectivity index (χ2v) is 5.67. The molecule has 1 atom stereocenters. The van der Waals surface area contributed by atoms with Gasteiger partial charge in [0.05, 0.1) is 6.61 Å². The maximum Gasteiger partial charge on any atom is 0.122 e. The van der Waals surface area contributed by atoms with Crippen molar-refractivity contribution in [2.45, 2.75) is 65.7 Å². The zero-order chi connectivity index (χ0) is 15.0. The summed E-state index contributed by atoms with van der Waals surface area (Å²) in [5.74, 6) is 1.68. The molecule has 2 nitrogen and oxygen atoms in total. The first-order valence-corrected chi connectivity index (χ1v) is 8.08. The smallest absolute Gasteiger partial charge is 0.122 e. The minimum Gasteiger partial charge on any atom is -0.493 e. The summed E-state index contributed by atoms with van der Waals surface area (Å²) in [6, 6.07) is 4.42. The fourth-order valence-corrected chi connectivity index (χ4v) is 2.80. The van der Waals surface area contributed by atoms with E-state index < -0.39 is 0 Å². The molecule has 0 radical (unpaired) electrons. The quantitative estimate of drug-likeness (QED) is 0.709. The molecule has 20 heavy (non-hydrogen) atoms. The highest BCUT2D eigenvalue weighted by Crippen LogP contribution is 2.33. The molecule has 0 heterocycles. The average molecular weight is 277 g/mol. The molecule has 0 fully saturated rings. The second-order valence-electron chi connectivity index (χ2n) is 5.67. The zero-order valence-electron chi connectivity index (χ0n) is 13.7. The lowest BCUT2D eigenvalue weighted by atomic mass is 9.86. The molecule has 1 unspecified atom stereocenters. The van der Waals surface area contributed by atoms with Crippen LogP contribution in [0, 0.1) is 13.8 Å². The third-order valence-corrected chi connectivity index (χ3v) is 4.07. The van der Waals surface area contributed by atoms with Crippen molar-refractivity contribution < 1.29 is 4.74 Å². The molecule has 0 aromatic heterocycles. The number of benzene rings is 1. The SMILES string of the molecule is CCCOc1ccc(C(CCC)CCCN)c(C)c1C. The fraction of sp³-hybridized carbons (Fsp3) is 0.667. The molecule has 2 heteroatoms. The van der Waals surface area contributed by atoms with Gasteiger partial charge in [0.2, 0.25) is 0 Å². The van der Waals surface area contributed by atoms with Crippen LogP contribution < -0.4 is 10.5 Å². The van der Waals surface area contributed by atoms with Crippen molar-refractivity contribution in [1.82, 2.24) is 0 Å². The number of rotatable bonds is 9. The second kappa shape index (κ2) is 9.02. The van der Waals surface area contributed by atoms with Crippen molar-refractivity contribution in [3.8, 4) is 5.75 Å². The van der Waals surface area contributed by atoms with Crippen molar-refractivity contribution >= 4 is 0 Å². The summed E-state index contributed by atoms with van der Waals surface area (Å²) in [7, 11) is 0. The summed E-state index contributed by atoms with van der Waals surface area (Å²) >= 11 is 0. The minimum absolute atomic E-state index is 0.641. The van der Waals surface area contributed by atoms with Crippen LogP contribution in [0.15, 0.2) is 12.1 Å². The van der Waals surface area contributed by atoms with Crippen LogP contribution >= 0.6 is 0 Å². The average Bonchev–Trinajstić information content (AvgIpc) is 2.45. The fourth-order valence-electron chi connectivity index (χ4n) is 2.80. The van der Waals surface area contributed by atoms with Crippen molar-refractivity contribution in [2.75, 3.05) is 13.2 Å². The van der Waals surface area contributed by atoms with Gasteiger partial charge >= 0.3 is 0 Å². The van der Waals surface area contributed by atoms with Crippen LogP contribution in [-0.2, 0) is 0 Å². The van der Waals surface area contributed by atoms with Gasteiger partial charge in [0.25, 0.3) is 0 Å². The van der Waals surface area contributed by atoms with E-state index in [0.717, 1.165) is 31.7 Å². The summed E-state index contributed by atoms with van der Waals surface area (Å²) < 4.78 is 5.82. The van der Waals surface area contributed by atoms with E-state index >= 15 is 0 Å². The summed E-state index contributed by atoms with van der Waals surface area (Å²) in [4.78, 5) is 0. The van der Waals surface area contributed by atoms with Crippen LogP contribution in [0.3, 0.4) is 0 Å². The van der Waals surface area contributed by atoms with Gasteiger partial charge in [-0.2, -0.15) is 0 Å². The number of hydrogen-bond donors (Lipinski definition) is 1. The van der Waals surface area contributed by atoms with Gasteiger partial charge in [0.1, 0.15) is 5.75 Å². The van der Waals surface area contributed by atoms with Crippen LogP contribution in [0.4, 0.5) is 0 Å². The lowest BCUT2D eigenvalue weighted by Crippen LogP contribution is -2.07. The Morgan fingerprint density at radius 1 is 1.05 bits per heavy atom. The monoisotopic (exact) mass is 277 g/mol. The first kappa shape index (κ1) is 17.0. The van der Waals surface area contributed by atoms with Gasteiger partial charge in [-0.1, -0.05) is 26.3 Å². The zero-order valence-corrected chi connectivity index (χ0v) is 13.7. The van der Waals surface area contributed by atoms with Crippen LogP contribution in [0.25, 0.3) is 0 Å². The van der Waals surface area contributed by atoms with Crippen molar-refractivity contribution in [3.63, 3.8) is 0 Å². The maximum atomic E-state index is 5.82. The van der Waals surface area contributed by atoms with Crippen LogP contribution in [0.5, 0.6) is 5.75 Å². The summed E-state index contributed by atoms with van der Waals surface area (Å²) in [6.07, 6.45) is 5.82. The molecule has 0 aliphatic carbocycles. The van der Waals surface area contributed by atoms with E-state index in [2.05, 4.69) is 39.8 Å². The Morgan fingerprint density at radius 3 is 2.40 bits per heavy atom. The van der Waals surface area contributed by atoms with Crippen molar-refractivity contribution in [1.29, 1.82) is 0 Å². The molecule has 0 aliphatic rings. The third-order valence-electron chi connectivity index (χ3n) is 4.07. The van der Waals surface area contributed by atoms with E-state index in [1.54, 1.807) is 0 Å². The summed E-state index contributed by atoms with van der Waals surface area (Å²) in [6.45, 7) is 10.4. The minimum atomic E-state index is 0.641. The van der Waals surface area contributed by atoms with Gasteiger partial charge in [-0.3, -0.25) is 0 Å². The van der Waals surface area contributed by atoms with Gasteiger partial charge in [0.15, 0.2) is 0 Å². The third kappa shape index (κ3) is 4.52. The largest absolute Gasteiger partial charge is 0.493 e. The first-order valence-electron chi connectivity index (χ1n) is 8.08. The molecule has 0 spiro atoms. The first-order chi connectivity index (χ1) is 9.65. The predicted molar refractivity (Wildman–Crippen MR) is 87.6 cm³/mol. The molecule has 1 aromatic carbocycles. The highest BCUT2D eigenvalue weighted by molar-refractivity contribution is 5.45. The number of nitrogens with two attached hydrogens (primary N) is 1. The summed E-state index contributed by atoms with van der Waals surface area (Å²) in [5, 5.41) is 0. The molecule has 1 rings (SSSR count). The Labute approximate surface area is 124 Å². The Kier molecular flexibility index (Phi) is 7.68. The molecule has 0 bridgehead atoms. The molecule has 0 aliphatic heterocycles. The molecule has 114 valence electrons. The Balaban J connectivity index is 2.95. The molecule has 2 N–H and O–H groups in total. The molecular weight excluding hydrogens is 246 g/mol. The summed E-state index contributed by atoms with van der Waals surface area (Å²) in [5.41, 5.74) is 9.86. The highest BCUT2D eigenvalue weighted by atomic mass is 16.5. The Hall–Kier alpha value is -1.02. The van der Waals surface area contributed by atoms with E-state index in [-0.39, 0.29) is 0 Å². The van der Waals surface area contributed by atoms with E-state index in [4.69, 9.17) is 10.5 Å². The normalized spacial score (nSPS) is 12.4. The molecule has 1 aromatic rings. The van der Waals surface area contributed by atoms with E-state index in [0.29, 0.717) is 5.92 Å². The van der Waals surface area contributed by atoms with Crippen LogP contribution in [0.2, 0.25) is 0 Å². The standard InChI is InChI=1S/C18H31NO/c1-5-8-16(9-7-12-19)17-10-11-18(20-13-6-2)15(4)14(17)3/h10-11,16H,5-9,12-13,19H2,1-4H3. The van der Waals surface area contributed by atoms with Crippen molar-refractivity contribution in [2.24, 2.45) is 5.73 Å². The Bertz CT molecular complexity index is 401. The van der Waals surface area contributed by atoms with Crippen LogP contribution in [-0.4, -0.2) is 13.2 Å². The van der Waals surface area contributed by atoms with E-state index in [1.807, 2.05) is 0 Å². The molecular formula is C18H31NO. The molecule has 0 saturated carbocycles. The van der Waals surface area contributed by atoms with Gasteiger partial charge in [-0.25, -0.2) is 0 Å². The van der Waals surface area contributed by atoms with Gasteiger partial charge in [0, 0.05) is 0 Å². The maximum absolute atomic E-state index is 5.82. The Morgan fingerprint density at radius 2 is 1.80 bits per heavy atom. The topological polar surface area (TPSA) is 35.2 Å². The lowest BCUT2D eigenvalue weighted by Gasteiger charge is -2.21. The molecule has 0 saturated heterocycles. The number of ether oxygens (including phenoxy) is 1. The molecule has 0 amide bonds. The van der Waals surface area contributed by atoms with Gasteiger partial charge in [-0.05, 0) is 74.8 Å². The van der Waals surface area contributed by atoms with Crippen molar-refractivity contribution in [3.05, 3.63) is 28.8 Å². The van der Waals surface area contributed by atoms with E-state index in [1.165, 1.54) is 36.0 Å². The van der Waals surface area contributed by atoms with E-state index in [9.17, 15) is 0 Å². The highest BCUT2D eigenvalue weighted by Gasteiger charge is 2.15. The van der Waals surface area contributed by atoms with Gasteiger partial charge < -0.3 is 10.5 Å². The lowest BCUT2D eigenvalue weighted by molar-refractivity contribution is 0.315. The predicted octanol–water partition coefficient (Wildman–Crippen LogP) is 4.71. The van der Waals surface area contributed by atoms with Crippen LogP contribution in [0.1, 0.15) is 68.6 Å². The van der Waals surface area contributed by atoms with Gasteiger partial charge in [-0.15, -0.1) is 0 Å². The number of hydrogen-bond acceptors (Lipinski definition) is 2.